The molecule has 0 aromatic carbocycles. The maximum atomic E-state index is 9.37. The van der Waals surface area contributed by atoms with Gasteiger partial charge in [-0.15, -0.1) is 11.6 Å². The Hall–Kier alpha value is 0.420. The number of likely N-dealkylation sites (N-methyl/N-ethyl adjacent to an activating group) is 1. The average Bonchev–Trinajstić information content (AvgIpc) is 2.12. The SMILES string of the molecule is C[N+](C)(CCOCCO)CC(O)CCl.[Cl-]. The molecule has 2 N–H and O–H groups in total. The Balaban J connectivity index is 0. The van der Waals surface area contributed by atoms with Crippen molar-refractivity contribution in [3.8, 4) is 0 Å². The van der Waals surface area contributed by atoms with Gasteiger partial charge in [0.1, 0.15) is 19.2 Å². The molecule has 0 rings (SSSR count). The highest BCUT2D eigenvalue weighted by atomic mass is 35.5. The minimum absolute atomic E-state index is 0. The van der Waals surface area contributed by atoms with E-state index >= 15 is 0 Å². The van der Waals surface area contributed by atoms with E-state index in [0.29, 0.717) is 24.2 Å². The summed E-state index contributed by atoms with van der Waals surface area (Å²) in [5, 5.41) is 17.9. The fourth-order valence-corrected chi connectivity index (χ4v) is 1.29. The first-order valence-electron chi connectivity index (χ1n) is 4.76. The number of aliphatic hydroxyl groups excluding tert-OH is 2. The molecule has 0 bridgehead atoms. The Labute approximate surface area is 103 Å². The number of halogens is 2. The largest absolute Gasteiger partial charge is 1.00 e. The monoisotopic (exact) mass is 261 g/mol. The standard InChI is InChI=1S/C9H21ClNO3.ClH/c1-11(2,8-9(13)7-10)3-5-14-6-4-12;/h9,12-13H,3-8H2,1-2H3;1H/q+1;/p-1. The summed E-state index contributed by atoms with van der Waals surface area (Å²) in [5.41, 5.74) is 0. The molecule has 1 atom stereocenters. The van der Waals surface area contributed by atoms with Crippen molar-refractivity contribution >= 4 is 11.6 Å². The molecule has 0 radical (unpaired) electrons. The van der Waals surface area contributed by atoms with Crippen LogP contribution in [-0.4, -0.2) is 73.7 Å². The van der Waals surface area contributed by atoms with E-state index in [4.69, 9.17) is 21.4 Å². The van der Waals surface area contributed by atoms with Gasteiger partial charge in [-0.05, 0) is 0 Å². The zero-order valence-electron chi connectivity index (χ0n) is 9.33. The first kappa shape index (κ1) is 17.8. The normalized spacial score (nSPS) is 13.4. The minimum atomic E-state index is -0.468. The summed E-state index contributed by atoms with van der Waals surface area (Å²) < 4.78 is 5.82. The van der Waals surface area contributed by atoms with Gasteiger partial charge in [0.05, 0.1) is 39.8 Å². The Kier molecular flexibility index (Phi) is 11.4. The predicted octanol–water partition coefficient (Wildman–Crippen LogP) is -3.32. The molecule has 0 aliphatic carbocycles. The molecule has 0 fully saturated rings. The van der Waals surface area contributed by atoms with Gasteiger partial charge >= 0.3 is 0 Å². The average molecular weight is 262 g/mol. The summed E-state index contributed by atoms with van der Waals surface area (Å²) in [6.45, 7) is 2.43. The van der Waals surface area contributed by atoms with E-state index in [9.17, 15) is 5.11 Å². The highest BCUT2D eigenvalue weighted by molar-refractivity contribution is 6.18. The highest BCUT2D eigenvalue weighted by Crippen LogP contribution is 2.01. The molecule has 0 heterocycles. The first-order valence-corrected chi connectivity index (χ1v) is 5.30. The summed E-state index contributed by atoms with van der Waals surface area (Å²) in [7, 11) is 4.02. The van der Waals surface area contributed by atoms with Crippen LogP contribution in [0.25, 0.3) is 0 Å². The quantitative estimate of drug-likeness (QED) is 0.273. The number of hydrogen-bond donors (Lipinski definition) is 2. The summed E-state index contributed by atoms with van der Waals surface area (Å²) in [6, 6.07) is 0. The van der Waals surface area contributed by atoms with Crippen molar-refractivity contribution in [2.24, 2.45) is 0 Å². The molecule has 94 valence electrons. The lowest BCUT2D eigenvalue weighted by atomic mass is 10.3. The van der Waals surface area contributed by atoms with Gasteiger partial charge in [0.25, 0.3) is 0 Å². The lowest BCUT2D eigenvalue weighted by Crippen LogP contribution is -3.00. The fraction of sp³-hybridized carbons (Fsp3) is 1.00. The Morgan fingerprint density at radius 1 is 1.33 bits per heavy atom. The van der Waals surface area contributed by atoms with Gasteiger partial charge in [-0.1, -0.05) is 0 Å². The van der Waals surface area contributed by atoms with E-state index in [-0.39, 0.29) is 24.9 Å². The van der Waals surface area contributed by atoms with Gasteiger partial charge in [-0.3, -0.25) is 0 Å². The first-order chi connectivity index (χ1) is 6.52. The second kappa shape index (κ2) is 9.63. The molecule has 0 aliphatic rings. The Bertz CT molecular complexity index is 147. The number of alkyl halides is 1. The van der Waals surface area contributed by atoms with Crippen molar-refractivity contribution in [2.45, 2.75) is 6.10 Å². The topological polar surface area (TPSA) is 49.7 Å². The van der Waals surface area contributed by atoms with Crippen molar-refractivity contribution in [3.05, 3.63) is 0 Å². The number of hydrogen-bond acceptors (Lipinski definition) is 3. The van der Waals surface area contributed by atoms with E-state index in [0.717, 1.165) is 6.54 Å². The summed E-state index contributed by atoms with van der Waals surface area (Å²) in [4.78, 5) is 0. The van der Waals surface area contributed by atoms with Crippen LogP contribution in [-0.2, 0) is 4.74 Å². The molecular formula is C9H21Cl2NO3. The highest BCUT2D eigenvalue weighted by Gasteiger charge is 2.19. The molecule has 0 aromatic heterocycles. The van der Waals surface area contributed by atoms with Crippen LogP contribution in [0.5, 0.6) is 0 Å². The third-order valence-electron chi connectivity index (χ3n) is 1.96. The van der Waals surface area contributed by atoms with E-state index < -0.39 is 6.10 Å². The zero-order chi connectivity index (χ0) is 11.0. The van der Waals surface area contributed by atoms with Crippen LogP contribution in [0.3, 0.4) is 0 Å². The van der Waals surface area contributed by atoms with Crippen molar-refractivity contribution in [1.82, 2.24) is 0 Å². The van der Waals surface area contributed by atoms with Crippen molar-refractivity contribution in [3.63, 3.8) is 0 Å². The Morgan fingerprint density at radius 3 is 2.40 bits per heavy atom. The van der Waals surface area contributed by atoms with Gasteiger partial charge in [-0.25, -0.2) is 0 Å². The third-order valence-corrected chi connectivity index (χ3v) is 2.32. The minimum Gasteiger partial charge on any atom is -1.00 e. The number of quaternary nitrogens is 1. The summed E-state index contributed by atoms with van der Waals surface area (Å²) in [6.07, 6.45) is -0.468. The Morgan fingerprint density at radius 2 is 1.93 bits per heavy atom. The van der Waals surface area contributed by atoms with Crippen LogP contribution in [0, 0.1) is 0 Å². The van der Waals surface area contributed by atoms with E-state index in [1.54, 1.807) is 0 Å². The maximum Gasteiger partial charge on any atom is 0.116 e. The molecule has 0 amide bonds. The molecule has 0 aliphatic heterocycles. The summed E-state index contributed by atoms with van der Waals surface area (Å²) in [5.74, 6) is 0.263. The number of rotatable bonds is 8. The van der Waals surface area contributed by atoms with Gasteiger partial charge in [0, 0.05) is 0 Å². The van der Waals surface area contributed by atoms with E-state index in [2.05, 4.69) is 0 Å². The summed E-state index contributed by atoms with van der Waals surface area (Å²) >= 11 is 5.52. The number of aliphatic hydroxyl groups is 2. The fourth-order valence-electron chi connectivity index (χ4n) is 1.19. The maximum absolute atomic E-state index is 9.37. The molecule has 1 unspecified atom stereocenters. The molecule has 4 nitrogen and oxygen atoms in total. The van der Waals surface area contributed by atoms with Crippen LogP contribution in [0.4, 0.5) is 0 Å². The second-order valence-corrected chi connectivity index (χ2v) is 4.29. The van der Waals surface area contributed by atoms with Crippen molar-refractivity contribution < 1.29 is 31.8 Å². The molecule has 0 aromatic rings. The second-order valence-electron chi connectivity index (χ2n) is 3.99. The predicted molar refractivity (Wildman–Crippen MR) is 56.5 cm³/mol. The van der Waals surface area contributed by atoms with Crippen LogP contribution < -0.4 is 12.4 Å². The zero-order valence-corrected chi connectivity index (χ0v) is 10.8. The van der Waals surface area contributed by atoms with E-state index in [1.165, 1.54) is 0 Å². The molecule has 6 heteroatoms. The molecule has 15 heavy (non-hydrogen) atoms. The molecule has 0 spiro atoms. The lowest BCUT2D eigenvalue weighted by molar-refractivity contribution is -0.893. The van der Waals surface area contributed by atoms with Gasteiger partial charge in [-0.2, -0.15) is 0 Å². The number of ether oxygens (including phenoxy) is 1. The van der Waals surface area contributed by atoms with Gasteiger partial charge in [0.15, 0.2) is 0 Å². The lowest BCUT2D eigenvalue weighted by Gasteiger charge is -2.31. The molecule has 0 saturated heterocycles. The van der Waals surface area contributed by atoms with Crippen molar-refractivity contribution in [1.29, 1.82) is 0 Å². The van der Waals surface area contributed by atoms with Gasteiger partial charge < -0.3 is 31.8 Å². The smallest absolute Gasteiger partial charge is 0.116 e. The number of nitrogens with zero attached hydrogens (tertiary/aromatic N) is 1. The van der Waals surface area contributed by atoms with E-state index in [1.807, 2.05) is 14.1 Å². The van der Waals surface area contributed by atoms with Crippen LogP contribution in [0.15, 0.2) is 0 Å². The third kappa shape index (κ3) is 10.7. The van der Waals surface area contributed by atoms with Crippen LogP contribution >= 0.6 is 11.6 Å². The van der Waals surface area contributed by atoms with Gasteiger partial charge in [0.2, 0.25) is 0 Å². The molecular weight excluding hydrogens is 241 g/mol. The van der Waals surface area contributed by atoms with Crippen LogP contribution in [0.1, 0.15) is 0 Å². The van der Waals surface area contributed by atoms with Crippen molar-refractivity contribution in [2.75, 3.05) is 52.9 Å². The molecule has 0 saturated carbocycles. The van der Waals surface area contributed by atoms with Crippen LogP contribution in [0.2, 0.25) is 0 Å².